The molecule has 2 N–H and O–H groups in total. The molecule has 4 nitrogen and oxygen atoms in total. The second-order valence-corrected chi connectivity index (χ2v) is 8.03. The number of rotatable bonds is 5. The Morgan fingerprint density at radius 3 is 2.72 bits per heavy atom. The average Bonchev–Trinajstić information content (AvgIpc) is 3.02. The molecular weight excluding hydrogens is 365 g/mol. The Labute approximate surface area is 171 Å². The van der Waals surface area contributed by atoms with Gasteiger partial charge in [0.25, 0.3) is 0 Å². The quantitative estimate of drug-likeness (QED) is 0.516. The number of aromatic nitrogens is 1. The summed E-state index contributed by atoms with van der Waals surface area (Å²) in [7, 11) is 0. The van der Waals surface area contributed by atoms with Gasteiger partial charge in [-0.05, 0) is 67.6 Å². The highest BCUT2D eigenvalue weighted by atomic mass is 19.1. The largest absolute Gasteiger partial charge is 0.494 e. The fourth-order valence-corrected chi connectivity index (χ4v) is 4.39. The van der Waals surface area contributed by atoms with Crippen LogP contribution in [0.15, 0.2) is 41.4 Å². The third-order valence-electron chi connectivity index (χ3n) is 5.96. The molecule has 0 radical (unpaired) electrons. The number of aromatic amines is 1. The summed E-state index contributed by atoms with van der Waals surface area (Å²) in [6, 6.07) is 10.6. The molecule has 5 heteroatoms. The van der Waals surface area contributed by atoms with Crippen molar-refractivity contribution in [3.8, 4) is 5.88 Å². The number of hydrogen-bond donors (Lipinski definition) is 2. The summed E-state index contributed by atoms with van der Waals surface area (Å²) in [6.07, 6.45) is 6.74. The number of benzene rings is 2. The molecule has 1 aromatic heterocycles. The summed E-state index contributed by atoms with van der Waals surface area (Å²) in [5.74, 6) is 0.529. The van der Waals surface area contributed by atoms with Crippen molar-refractivity contribution in [2.75, 3.05) is 18.0 Å². The molecule has 0 saturated carbocycles. The van der Waals surface area contributed by atoms with Crippen molar-refractivity contribution in [3.05, 3.63) is 53.3 Å². The second-order valence-electron chi connectivity index (χ2n) is 8.03. The fourth-order valence-electron chi connectivity index (χ4n) is 4.39. The van der Waals surface area contributed by atoms with Gasteiger partial charge in [-0.1, -0.05) is 19.8 Å². The summed E-state index contributed by atoms with van der Waals surface area (Å²) in [6.45, 7) is 6.61. The van der Waals surface area contributed by atoms with Gasteiger partial charge in [0.2, 0.25) is 0 Å². The molecule has 1 fully saturated rings. The zero-order valence-corrected chi connectivity index (χ0v) is 17.1. The van der Waals surface area contributed by atoms with E-state index in [1.165, 1.54) is 49.1 Å². The van der Waals surface area contributed by atoms with Crippen LogP contribution in [-0.2, 0) is 0 Å². The van der Waals surface area contributed by atoms with E-state index in [2.05, 4.69) is 40.9 Å². The van der Waals surface area contributed by atoms with Gasteiger partial charge in [-0.2, -0.15) is 0 Å². The van der Waals surface area contributed by atoms with Gasteiger partial charge in [-0.15, -0.1) is 0 Å². The molecular formula is C24H28FN3O. The van der Waals surface area contributed by atoms with Gasteiger partial charge >= 0.3 is 0 Å². The molecule has 3 aromatic rings. The van der Waals surface area contributed by atoms with Crippen LogP contribution in [0.2, 0.25) is 0 Å². The predicted octanol–water partition coefficient (Wildman–Crippen LogP) is 6.09. The summed E-state index contributed by atoms with van der Waals surface area (Å²) >= 11 is 0. The Hall–Kier alpha value is -2.82. The number of aromatic hydroxyl groups is 1. The average molecular weight is 394 g/mol. The maximum atomic E-state index is 13.6. The zero-order chi connectivity index (χ0) is 20.4. The van der Waals surface area contributed by atoms with Gasteiger partial charge in [-0.3, -0.25) is 4.99 Å². The molecule has 0 atom stereocenters. The Morgan fingerprint density at radius 1 is 1.21 bits per heavy atom. The summed E-state index contributed by atoms with van der Waals surface area (Å²) in [4.78, 5) is 9.86. The van der Waals surface area contributed by atoms with E-state index in [1.807, 2.05) is 6.07 Å². The lowest BCUT2D eigenvalue weighted by Gasteiger charge is -2.34. The molecule has 0 aliphatic carbocycles. The van der Waals surface area contributed by atoms with E-state index < -0.39 is 0 Å². The van der Waals surface area contributed by atoms with Crippen LogP contribution in [0.25, 0.3) is 10.9 Å². The molecule has 152 valence electrons. The molecule has 1 aliphatic rings. The van der Waals surface area contributed by atoms with E-state index >= 15 is 0 Å². The molecule has 0 spiro atoms. The first-order valence-electron chi connectivity index (χ1n) is 10.4. The van der Waals surface area contributed by atoms with Crippen LogP contribution in [0.1, 0.15) is 43.7 Å². The summed E-state index contributed by atoms with van der Waals surface area (Å²) in [5.41, 5.74) is 4.47. The van der Waals surface area contributed by atoms with Crippen LogP contribution >= 0.6 is 0 Å². The molecule has 0 amide bonds. The highest BCUT2D eigenvalue weighted by molar-refractivity contribution is 6.02. The number of halogens is 1. The van der Waals surface area contributed by atoms with E-state index in [4.69, 9.17) is 0 Å². The van der Waals surface area contributed by atoms with Crippen molar-refractivity contribution in [1.82, 2.24) is 4.98 Å². The number of nitrogens with one attached hydrogen (secondary N) is 1. The van der Waals surface area contributed by atoms with Crippen LogP contribution < -0.4 is 4.90 Å². The lowest BCUT2D eigenvalue weighted by atomic mass is 9.92. The Kier molecular flexibility index (Phi) is 5.56. The minimum absolute atomic E-state index is 0.00218. The number of piperidine rings is 1. The standard InChI is InChI=1S/C24H28FN3O/c1-3-4-17-9-11-28(12-10-17)23-8-6-19(13-16(23)2)26-15-21-20-14-18(25)5-7-22(20)27-24(21)29/h5-8,13-15,17,27,29H,3-4,9-12H2,1-2H3. The Balaban J connectivity index is 1.52. The van der Waals surface area contributed by atoms with E-state index in [0.717, 1.165) is 24.7 Å². The van der Waals surface area contributed by atoms with Crippen LogP contribution in [0, 0.1) is 18.7 Å². The number of nitrogens with zero attached hydrogens (tertiary/aromatic N) is 2. The van der Waals surface area contributed by atoms with Crippen molar-refractivity contribution in [3.63, 3.8) is 0 Å². The monoisotopic (exact) mass is 393 g/mol. The van der Waals surface area contributed by atoms with Gasteiger partial charge in [0.05, 0.1) is 11.3 Å². The SMILES string of the molecule is CCCC1CCN(c2ccc(N=Cc3c(O)[nH]c4ccc(F)cc34)cc2C)CC1. The molecule has 1 aliphatic heterocycles. The highest BCUT2D eigenvalue weighted by Gasteiger charge is 2.19. The van der Waals surface area contributed by atoms with Gasteiger partial charge in [0.15, 0.2) is 5.88 Å². The minimum atomic E-state index is -0.339. The van der Waals surface area contributed by atoms with Crippen LogP contribution in [-0.4, -0.2) is 29.4 Å². The highest BCUT2D eigenvalue weighted by Crippen LogP contribution is 2.31. The number of H-pyrrole nitrogens is 1. The van der Waals surface area contributed by atoms with Gasteiger partial charge in [-0.25, -0.2) is 4.39 Å². The third kappa shape index (κ3) is 4.14. The number of fused-ring (bicyclic) bond motifs is 1. The van der Waals surface area contributed by atoms with E-state index in [0.29, 0.717) is 16.5 Å². The molecule has 1 saturated heterocycles. The Bertz CT molecular complexity index is 1030. The first-order valence-corrected chi connectivity index (χ1v) is 10.4. The van der Waals surface area contributed by atoms with Crippen LogP contribution in [0.4, 0.5) is 15.8 Å². The maximum absolute atomic E-state index is 13.6. The van der Waals surface area contributed by atoms with Crippen molar-refractivity contribution >= 4 is 28.5 Å². The fraction of sp³-hybridized carbons (Fsp3) is 0.375. The van der Waals surface area contributed by atoms with E-state index in [9.17, 15) is 9.50 Å². The van der Waals surface area contributed by atoms with Crippen molar-refractivity contribution < 1.29 is 9.50 Å². The molecule has 29 heavy (non-hydrogen) atoms. The van der Waals surface area contributed by atoms with Crippen LogP contribution in [0.3, 0.4) is 0 Å². The first kappa shape index (κ1) is 19.5. The smallest absolute Gasteiger partial charge is 0.198 e. The van der Waals surface area contributed by atoms with Gasteiger partial charge < -0.3 is 15.0 Å². The van der Waals surface area contributed by atoms with Crippen molar-refractivity contribution in [2.45, 2.75) is 39.5 Å². The normalized spacial score (nSPS) is 15.6. The number of hydrogen-bond acceptors (Lipinski definition) is 3. The number of aliphatic imine (C=N–C) groups is 1. The van der Waals surface area contributed by atoms with Crippen molar-refractivity contribution in [1.29, 1.82) is 0 Å². The first-order chi connectivity index (χ1) is 14.0. The molecule has 2 heterocycles. The Morgan fingerprint density at radius 2 is 2.00 bits per heavy atom. The molecule has 0 unspecified atom stereocenters. The zero-order valence-electron chi connectivity index (χ0n) is 17.1. The summed E-state index contributed by atoms with van der Waals surface area (Å²) < 4.78 is 13.6. The molecule has 0 bridgehead atoms. The third-order valence-corrected chi connectivity index (χ3v) is 5.96. The lowest BCUT2D eigenvalue weighted by molar-refractivity contribution is 0.378. The lowest BCUT2D eigenvalue weighted by Crippen LogP contribution is -2.34. The van der Waals surface area contributed by atoms with Crippen molar-refractivity contribution in [2.24, 2.45) is 10.9 Å². The molecule has 4 rings (SSSR count). The van der Waals surface area contributed by atoms with Crippen LogP contribution in [0.5, 0.6) is 5.88 Å². The van der Waals surface area contributed by atoms with Gasteiger partial charge in [0, 0.05) is 35.9 Å². The van der Waals surface area contributed by atoms with E-state index in [1.54, 1.807) is 12.3 Å². The van der Waals surface area contributed by atoms with Gasteiger partial charge in [0.1, 0.15) is 5.82 Å². The topological polar surface area (TPSA) is 51.6 Å². The van der Waals surface area contributed by atoms with E-state index in [-0.39, 0.29) is 11.7 Å². The minimum Gasteiger partial charge on any atom is -0.494 e. The second kappa shape index (κ2) is 8.27. The summed E-state index contributed by atoms with van der Waals surface area (Å²) in [5, 5.41) is 10.8. The molecule has 2 aromatic carbocycles. The maximum Gasteiger partial charge on any atom is 0.198 e. The number of anilines is 1. The predicted molar refractivity (Wildman–Crippen MR) is 118 cm³/mol. The number of aryl methyl sites for hydroxylation is 1.